The van der Waals surface area contributed by atoms with Gasteiger partial charge in [0.05, 0.1) is 12.5 Å². The van der Waals surface area contributed by atoms with Crippen molar-refractivity contribution in [1.82, 2.24) is 15.1 Å². The quantitative estimate of drug-likeness (QED) is 0.236. The molecule has 0 spiro atoms. The van der Waals surface area contributed by atoms with Crippen LogP contribution in [0.1, 0.15) is 38.7 Å². The topological polar surface area (TPSA) is 57.2 Å². The summed E-state index contributed by atoms with van der Waals surface area (Å²) < 4.78 is 5.25. The van der Waals surface area contributed by atoms with Crippen molar-refractivity contribution in [2.45, 2.75) is 39.5 Å². The van der Waals surface area contributed by atoms with E-state index in [1.165, 1.54) is 12.0 Å². The van der Waals surface area contributed by atoms with E-state index >= 15 is 0 Å². The largest absolute Gasteiger partial charge is 0.466 e. The van der Waals surface area contributed by atoms with E-state index < -0.39 is 0 Å². The summed E-state index contributed by atoms with van der Waals surface area (Å²) in [5, 5.41) is 3.44. The summed E-state index contributed by atoms with van der Waals surface area (Å²) in [6, 6.07) is 10.7. The lowest BCUT2D eigenvalue weighted by Crippen LogP contribution is -2.48. The fraction of sp³-hybridized carbons (Fsp3) is 0.667. The van der Waals surface area contributed by atoms with Crippen LogP contribution < -0.4 is 5.32 Å². The number of guanidine groups is 1. The van der Waals surface area contributed by atoms with Crippen molar-refractivity contribution in [2.24, 2.45) is 16.8 Å². The van der Waals surface area contributed by atoms with Crippen molar-refractivity contribution >= 4 is 35.9 Å². The highest BCUT2D eigenvalue weighted by Crippen LogP contribution is 2.20. The molecule has 0 aliphatic carbocycles. The maximum absolute atomic E-state index is 12.2. The van der Waals surface area contributed by atoms with Crippen LogP contribution in [0.5, 0.6) is 0 Å². The Morgan fingerprint density at radius 2 is 1.97 bits per heavy atom. The number of ether oxygens (including phenoxy) is 1. The van der Waals surface area contributed by atoms with Crippen LogP contribution in [0.3, 0.4) is 0 Å². The molecule has 7 heteroatoms. The van der Waals surface area contributed by atoms with E-state index in [9.17, 15) is 4.79 Å². The number of aliphatic imine (C=N–C) groups is 1. The average molecular weight is 543 g/mol. The van der Waals surface area contributed by atoms with Gasteiger partial charge in [-0.3, -0.25) is 9.79 Å². The molecular weight excluding hydrogens is 503 g/mol. The van der Waals surface area contributed by atoms with Crippen molar-refractivity contribution in [2.75, 3.05) is 52.4 Å². The molecule has 1 aromatic rings. The third-order valence-electron chi connectivity index (χ3n) is 6.10. The summed E-state index contributed by atoms with van der Waals surface area (Å²) in [6.45, 7) is 11.2. The molecule has 0 saturated carbocycles. The van der Waals surface area contributed by atoms with Gasteiger partial charge >= 0.3 is 5.97 Å². The fourth-order valence-corrected chi connectivity index (χ4v) is 4.46. The Bertz CT molecular complexity index is 685. The van der Waals surface area contributed by atoms with Gasteiger partial charge in [-0.05, 0) is 57.6 Å². The predicted octanol–water partition coefficient (Wildman–Crippen LogP) is 3.41. The Hall–Kier alpha value is -1.35. The molecule has 6 nitrogen and oxygen atoms in total. The molecule has 2 heterocycles. The lowest BCUT2D eigenvalue weighted by Gasteiger charge is -2.34. The van der Waals surface area contributed by atoms with Gasteiger partial charge in [0.15, 0.2) is 5.96 Å². The third kappa shape index (κ3) is 8.25. The second-order valence-electron chi connectivity index (χ2n) is 8.42. The number of nitrogens with one attached hydrogen (secondary N) is 1. The number of likely N-dealkylation sites (tertiary alicyclic amines) is 2. The third-order valence-corrected chi connectivity index (χ3v) is 6.10. The molecule has 0 radical (unpaired) electrons. The van der Waals surface area contributed by atoms with E-state index in [1.54, 1.807) is 0 Å². The van der Waals surface area contributed by atoms with Crippen LogP contribution in [0.4, 0.5) is 0 Å². The van der Waals surface area contributed by atoms with Gasteiger partial charge in [0, 0.05) is 39.3 Å². The van der Waals surface area contributed by atoms with Gasteiger partial charge in [-0.1, -0.05) is 30.3 Å². The van der Waals surface area contributed by atoms with E-state index in [2.05, 4.69) is 52.4 Å². The maximum Gasteiger partial charge on any atom is 0.310 e. The van der Waals surface area contributed by atoms with Crippen molar-refractivity contribution in [1.29, 1.82) is 0 Å². The Balaban J connectivity index is 0.00000341. The van der Waals surface area contributed by atoms with Crippen LogP contribution in [0.2, 0.25) is 0 Å². The van der Waals surface area contributed by atoms with E-state index in [4.69, 9.17) is 9.73 Å². The number of rotatable bonds is 8. The van der Waals surface area contributed by atoms with Crippen molar-refractivity contribution in [3.63, 3.8) is 0 Å². The zero-order chi connectivity index (χ0) is 21.2. The number of carbonyl (C=O) groups is 1. The highest BCUT2D eigenvalue weighted by atomic mass is 127. The Morgan fingerprint density at radius 3 is 2.71 bits per heavy atom. The summed E-state index contributed by atoms with van der Waals surface area (Å²) in [7, 11) is 0. The number of carbonyl (C=O) groups excluding carboxylic acids is 1. The number of hydrogen-bond acceptors (Lipinski definition) is 4. The van der Waals surface area contributed by atoms with Gasteiger partial charge in [-0.2, -0.15) is 0 Å². The molecule has 1 N–H and O–H groups in total. The average Bonchev–Trinajstić information content (AvgIpc) is 3.24. The van der Waals surface area contributed by atoms with E-state index in [0.717, 1.165) is 64.5 Å². The van der Waals surface area contributed by atoms with E-state index in [1.807, 2.05) is 6.92 Å². The van der Waals surface area contributed by atoms with Gasteiger partial charge in [-0.15, -0.1) is 24.0 Å². The van der Waals surface area contributed by atoms with Gasteiger partial charge in [0.2, 0.25) is 0 Å². The van der Waals surface area contributed by atoms with Crippen LogP contribution in [0.15, 0.2) is 35.3 Å². The standard InChI is InChI=1S/C24H38N4O2.HI/c1-3-25-24(28-14-8-11-22(19-28)23(29)30-4-2)26-17-21-13-16-27(18-21)15-12-20-9-6-5-7-10-20;/h5-7,9-10,21-22H,3-4,8,11-19H2,1-2H3,(H,25,26);1H. The first-order valence-corrected chi connectivity index (χ1v) is 11.7. The molecule has 31 heavy (non-hydrogen) atoms. The highest BCUT2D eigenvalue weighted by Gasteiger charge is 2.29. The SMILES string of the molecule is CCNC(=NCC1CCN(CCc2ccccc2)C1)N1CCCC(C(=O)OCC)C1.I. The number of benzene rings is 1. The Labute approximate surface area is 204 Å². The van der Waals surface area contributed by atoms with Crippen LogP contribution in [-0.4, -0.2) is 74.1 Å². The molecule has 3 rings (SSSR count). The molecule has 174 valence electrons. The van der Waals surface area contributed by atoms with Crippen LogP contribution in [0.25, 0.3) is 0 Å². The van der Waals surface area contributed by atoms with E-state index in [-0.39, 0.29) is 35.9 Å². The predicted molar refractivity (Wildman–Crippen MR) is 137 cm³/mol. The zero-order valence-electron chi connectivity index (χ0n) is 19.1. The van der Waals surface area contributed by atoms with Gasteiger partial charge in [0.25, 0.3) is 0 Å². The minimum atomic E-state index is -0.0668. The van der Waals surface area contributed by atoms with Gasteiger partial charge in [0.1, 0.15) is 0 Å². The first-order chi connectivity index (χ1) is 14.7. The Morgan fingerprint density at radius 1 is 1.16 bits per heavy atom. The molecule has 2 unspecified atom stereocenters. The lowest BCUT2D eigenvalue weighted by molar-refractivity contribution is -0.149. The molecule has 0 amide bonds. The number of halogens is 1. The van der Waals surface area contributed by atoms with Crippen molar-refractivity contribution < 1.29 is 9.53 Å². The smallest absolute Gasteiger partial charge is 0.310 e. The number of esters is 1. The summed E-state index contributed by atoms with van der Waals surface area (Å²) >= 11 is 0. The Kier molecular flexibility index (Phi) is 11.6. The number of hydrogen-bond donors (Lipinski definition) is 1. The monoisotopic (exact) mass is 542 g/mol. The maximum atomic E-state index is 12.2. The first kappa shape index (κ1) is 25.9. The van der Waals surface area contributed by atoms with Gasteiger partial charge < -0.3 is 19.9 Å². The molecule has 2 aliphatic rings. The molecule has 2 aliphatic heterocycles. The second-order valence-corrected chi connectivity index (χ2v) is 8.42. The lowest BCUT2D eigenvalue weighted by atomic mass is 9.98. The molecule has 0 bridgehead atoms. The first-order valence-electron chi connectivity index (χ1n) is 11.7. The molecule has 2 atom stereocenters. The molecule has 2 fully saturated rings. The van der Waals surface area contributed by atoms with Crippen molar-refractivity contribution in [3.05, 3.63) is 35.9 Å². The van der Waals surface area contributed by atoms with Crippen LogP contribution in [-0.2, 0) is 16.0 Å². The zero-order valence-corrected chi connectivity index (χ0v) is 21.4. The summed E-state index contributed by atoms with van der Waals surface area (Å²) in [5.41, 5.74) is 1.41. The number of piperidine rings is 1. The highest BCUT2D eigenvalue weighted by molar-refractivity contribution is 14.0. The minimum absolute atomic E-state index is 0. The van der Waals surface area contributed by atoms with E-state index in [0.29, 0.717) is 19.1 Å². The summed E-state index contributed by atoms with van der Waals surface area (Å²) in [4.78, 5) is 22.0. The minimum Gasteiger partial charge on any atom is -0.466 e. The molecule has 0 aromatic heterocycles. The molecule has 1 aromatic carbocycles. The number of nitrogens with zero attached hydrogens (tertiary/aromatic N) is 3. The summed E-state index contributed by atoms with van der Waals surface area (Å²) in [5.74, 6) is 1.46. The summed E-state index contributed by atoms with van der Waals surface area (Å²) in [6.07, 6.45) is 4.24. The van der Waals surface area contributed by atoms with Gasteiger partial charge in [-0.25, -0.2) is 0 Å². The van der Waals surface area contributed by atoms with Crippen LogP contribution >= 0.6 is 24.0 Å². The fourth-order valence-electron chi connectivity index (χ4n) is 4.46. The second kappa shape index (κ2) is 13.9. The normalized spacial score (nSPS) is 22.1. The molecule has 2 saturated heterocycles. The van der Waals surface area contributed by atoms with Crippen LogP contribution in [0, 0.1) is 11.8 Å². The van der Waals surface area contributed by atoms with Crippen molar-refractivity contribution in [3.8, 4) is 0 Å². The molecular formula is C24H39IN4O2.